The van der Waals surface area contributed by atoms with Crippen molar-refractivity contribution in [1.29, 1.82) is 0 Å². The summed E-state index contributed by atoms with van der Waals surface area (Å²) in [6, 6.07) is 0. The lowest BCUT2D eigenvalue weighted by atomic mass is 9.70. The zero-order chi connectivity index (χ0) is 20.2. The van der Waals surface area contributed by atoms with Crippen molar-refractivity contribution < 1.29 is 20.1 Å². The number of aliphatic hydroxyl groups is 3. The van der Waals surface area contributed by atoms with Crippen molar-refractivity contribution in [2.75, 3.05) is 6.61 Å². The van der Waals surface area contributed by atoms with E-state index in [1.54, 1.807) is 13.8 Å². The van der Waals surface area contributed by atoms with Gasteiger partial charge in [0.2, 0.25) is 0 Å². The van der Waals surface area contributed by atoms with Gasteiger partial charge in [-0.3, -0.25) is 0 Å². The normalized spacial score (nSPS) is 35.1. The molecular weight excluding hydrogens is 352 g/mol. The first-order valence-electron chi connectivity index (χ1n) is 10.8. The van der Waals surface area contributed by atoms with Crippen LogP contribution < -0.4 is 0 Å². The molecule has 3 N–H and O–H groups in total. The summed E-state index contributed by atoms with van der Waals surface area (Å²) in [5, 5.41) is 29.4. The van der Waals surface area contributed by atoms with E-state index in [2.05, 4.69) is 24.0 Å². The van der Waals surface area contributed by atoms with E-state index in [1.165, 1.54) is 24.8 Å². The Morgan fingerprint density at radius 1 is 1.14 bits per heavy atom. The van der Waals surface area contributed by atoms with Gasteiger partial charge >= 0.3 is 0 Å². The molecule has 3 aliphatic carbocycles. The van der Waals surface area contributed by atoms with Gasteiger partial charge in [-0.15, -0.1) is 0 Å². The van der Waals surface area contributed by atoms with Gasteiger partial charge in [-0.25, -0.2) is 0 Å². The van der Waals surface area contributed by atoms with Crippen molar-refractivity contribution in [2.45, 2.75) is 102 Å². The van der Waals surface area contributed by atoms with Gasteiger partial charge in [-0.2, -0.15) is 0 Å². The third-order valence-electron chi connectivity index (χ3n) is 6.34. The summed E-state index contributed by atoms with van der Waals surface area (Å²) < 4.78 is 5.97. The molecule has 0 heterocycles. The third kappa shape index (κ3) is 6.46. The fourth-order valence-electron chi connectivity index (χ4n) is 5.13. The molecule has 4 atom stereocenters. The number of ether oxygens (including phenoxy) is 1. The molecule has 0 bridgehead atoms. The highest BCUT2D eigenvalue weighted by molar-refractivity contribution is 5.23. The van der Waals surface area contributed by atoms with Crippen molar-refractivity contribution >= 4 is 0 Å². The number of aliphatic hydroxyl groups excluding tert-OH is 2. The van der Waals surface area contributed by atoms with Crippen LogP contribution in [-0.2, 0) is 4.74 Å². The van der Waals surface area contributed by atoms with Crippen LogP contribution in [0.15, 0.2) is 23.3 Å². The molecule has 0 aromatic rings. The molecule has 3 saturated carbocycles. The van der Waals surface area contributed by atoms with Gasteiger partial charge in [0.15, 0.2) is 0 Å². The Kier molecular flexibility index (Phi) is 7.04. The van der Waals surface area contributed by atoms with E-state index in [4.69, 9.17) is 4.74 Å². The summed E-state index contributed by atoms with van der Waals surface area (Å²) in [6.07, 6.45) is 13.9. The third-order valence-corrected chi connectivity index (χ3v) is 6.34. The van der Waals surface area contributed by atoms with Gasteiger partial charge in [0, 0.05) is 0 Å². The van der Waals surface area contributed by atoms with E-state index in [9.17, 15) is 15.3 Å². The minimum atomic E-state index is -0.956. The Morgan fingerprint density at radius 3 is 2.57 bits per heavy atom. The van der Waals surface area contributed by atoms with Gasteiger partial charge in [0.1, 0.15) is 12.2 Å². The van der Waals surface area contributed by atoms with Gasteiger partial charge in [0.25, 0.3) is 0 Å². The first-order chi connectivity index (χ1) is 13.2. The summed E-state index contributed by atoms with van der Waals surface area (Å²) >= 11 is 0. The first-order valence-corrected chi connectivity index (χ1v) is 10.8. The molecule has 3 rings (SSSR count). The molecule has 0 aliphatic heterocycles. The topological polar surface area (TPSA) is 69.9 Å². The second-order valence-corrected chi connectivity index (χ2v) is 9.67. The number of hydrogen-bond acceptors (Lipinski definition) is 4. The average molecular weight is 389 g/mol. The average Bonchev–Trinajstić information content (AvgIpc) is 2.98. The molecular formula is C24H36O4. The van der Waals surface area contributed by atoms with Crippen molar-refractivity contribution in [1.82, 2.24) is 0 Å². The molecule has 0 unspecified atom stereocenters. The fraction of sp³-hybridized carbons (Fsp3) is 0.750. The monoisotopic (exact) mass is 388 g/mol. The van der Waals surface area contributed by atoms with Crippen molar-refractivity contribution in [2.24, 2.45) is 5.41 Å². The summed E-state index contributed by atoms with van der Waals surface area (Å²) in [4.78, 5) is 0. The SMILES string of the molecule is CC(C)(O)C#CCO[C@H]1CC[C@]2(CCC/C(=C\C=C3C[C@@H](O)C[C@H](O)C3)C2)C1. The molecule has 0 saturated heterocycles. The zero-order valence-corrected chi connectivity index (χ0v) is 17.4. The molecule has 156 valence electrons. The number of allylic oxidation sites excluding steroid dienone is 3. The van der Waals surface area contributed by atoms with Gasteiger partial charge in [-0.05, 0) is 83.5 Å². The number of hydrogen-bond donors (Lipinski definition) is 3. The van der Waals surface area contributed by atoms with Crippen LogP contribution in [0, 0.1) is 17.3 Å². The summed E-state index contributed by atoms with van der Waals surface area (Å²) in [5.41, 5.74) is 2.07. The second-order valence-electron chi connectivity index (χ2n) is 9.67. The lowest BCUT2D eigenvalue weighted by molar-refractivity contribution is 0.0609. The predicted molar refractivity (Wildman–Crippen MR) is 111 cm³/mol. The minimum Gasteiger partial charge on any atom is -0.393 e. The highest BCUT2D eigenvalue weighted by atomic mass is 16.5. The molecule has 0 amide bonds. The molecule has 3 aliphatic rings. The molecule has 0 radical (unpaired) electrons. The fourth-order valence-corrected chi connectivity index (χ4v) is 5.13. The summed E-state index contributed by atoms with van der Waals surface area (Å²) in [7, 11) is 0. The van der Waals surface area contributed by atoms with E-state index in [0.717, 1.165) is 31.3 Å². The van der Waals surface area contributed by atoms with Crippen molar-refractivity contribution in [3.63, 3.8) is 0 Å². The minimum absolute atomic E-state index is 0.275. The molecule has 0 aromatic carbocycles. The van der Waals surface area contributed by atoms with Crippen LogP contribution >= 0.6 is 0 Å². The van der Waals surface area contributed by atoms with Gasteiger partial charge in [0.05, 0.1) is 18.3 Å². The summed E-state index contributed by atoms with van der Waals surface area (Å²) in [6.45, 7) is 3.76. The zero-order valence-electron chi connectivity index (χ0n) is 17.4. The van der Waals surface area contributed by atoms with E-state index in [-0.39, 0.29) is 6.10 Å². The molecule has 4 nitrogen and oxygen atoms in total. The molecule has 1 spiro atoms. The van der Waals surface area contributed by atoms with Gasteiger partial charge in [-0.1, -0.05) is 35.1 Å². The van der Waals surface area contributed by atoms with E-state index >= 15 is 0 Å². The maximum Gasteiger partial charge on any atom is 0.120 e. The van der Waals surface area contributed by atoms with Crippen LogP contribution in [-0.4, -0.2) is 45.8 Å². The Morgan fingerprint density at radius 2 is 1.86 bits per heavy atom. The quantitative estimate of drug-likeness (QED) is 0.646. The maximum absolute atomic E-state index is 9.86. The Labute approximate surface area is 169 Å². The maximum atomic E-state index is 9.86. The molecule has 28 heavy (non-hydrogen) atoms. The Bertz CT molecular complexity index is 648. The second kappa shape index (κ2) is 9.13. The predicted octanol–water partition coefficient (Wildman–Crippen LogP) is 3.65. The Hall–Kier alpha value is -1.12. The largest absolute Gasteiger partial charge is 0.393 e. The van der Waals surface area contributed by atoms with Crippen molar-refractivity contribution in [3.8, 4) is 11.8 Å². The lowest BCUT2D eigenvalue weighted by Gasteiger charge is -2.35. The summed E-state index contributed by atoms with van der Waals surface area (Å²) in [5.74, 6) is 5.74. The van der Waals surface area contributed by atoms with Crippen LogP contribution in [0.4, 0.5) is 0 Å². The van der Waals surface area contributed by atoms with Crippen LogP contribution in [0.25, 0.3) is 0 Å². The molecule has 4 heteroatoms. The van der Waals surface area contributed by atoms with Crippen LogP contribution in [0.2, 0.25) is 0 Å². The van der Waals surface area contributed by atoms with E-state index < -0.39 is 17.8 Å². The molecule has 0 aromatic heterocycles. The standard InChI is InChI=1S/C24H36O4/c1-23(2,27)9-4-12-28-22-8-11-24(17-22)10-3-5-18(16-24)6-7-19-13-20(25)15-21(26)14-19/h6-7,20-22,25-27H,3,5,8,10-17H2,1-2H3/b18-6+/t20-,21-,22+,24+/m1/s1. The highest BCUT2D eigenvalue weighted by Crippen LogP contribution is 2.51. The lowest BCUT2D eigenvalue weighted by Crippen LogP contribution is -2.25. The smallest absolute Gasteiger partial charge is 0.120 e. The van der Waals surface area contributed by atoms with E-state index in [0.29, 0.717) is 31.3 Å². The van der Waals surface area contributed by atoms with Crippen molar-refractivity contribution in [3.05, 3.63) is 23.3 Å². The van der Waals surface area contributed by atoms with Gasteiger partial charge < -0.3 is 20.1 Å². The molecule has 3 fully saturated rings. The van der Waals surface area contributed by atoms with E-state index in [1.807, 2.05) is 0 Å². The highest BCUT2D eigenvalue weighted by Gasteiger charge is 2.41. The number of rotatable bonds is 3. The Balaban J connectivity index is 1.53. The van der Waals surface area contributed by atoms with Crippen LogP contribution in [0.1, 0.15) is 78.1 Å². The first kappa shape index (κ1) is 21.6. The van der Waals surface area contributed by atoms with Crippen LogP contribution in [0.5, 0.6) is 0 Å². The van der Waals surface area contributed by atoms with Crippen LogP contribution in [0.3, 0.4) is 0 Å².